The third-order valence-electron chi connectivity index (χ3n) is 6.41. The predicted molar refractivity (Wildman–Crippen MR) is 133 cm³/mol. The van der Waals surface area contributed by atoms with E-state index < -0.39 is 36.4 Å². The summed E-state index contributed by atoms with van der Waals surface area (Å²) in [5, 5.41) is 33.9. The highest BCUT2D eigenvalue weighted by Crippen LogP contribution is 2.29. The Kier molecular flexibility index (Phi) is 10.5. The van der Waals surface area contributed by atoms with Crippen molar-refractivity contribution in [2.75, 3.05) is 27.4 Å². The van der Waals surface area contributed by atoms with Gasteiger partial charge in [0.05, 0.1) is 33.5 Å². The monoisotopic (exact) mass is 503 g/mol. The predicted octanol–water partition coefficient (Wildman–Crippen LogP) is 1.77. The third-order valence-corrected chi connectivity index (χ3v) is 6.41. The van der Waals surface area contributed by atoms with Gasteiger partial charge in [0, 0.05) is 6.04 Å². The number of carbonyl (C=O) groups is 1. The molecule has 9 nitrogen and oxygen atoms in total. The number of rotatable bonds is 12. The largest absolute Gasteiger partial charge is 0.493 e. The molecule has 1 fully saturated rings. The Morgan fingerprint density at radius 1 is 1.06 bits per heavy atom. The molecule has 2 aromatic rings. The summed E-state index contributed by atoms with van der Waals surface area (Å²) < 4.78 is 21.7. The summed E-state index contributed by atoms with van der Waals surface area (Å²) >= 11 is 0. The first-order valence-corrected chi connectivity index (χ1v) is 12.2. The molecule has 36 heavy (non-hydrogen) atoms. The van der Waals surface area contributed by atoms with Gasteiger partial charge in [0.1, 0.15) is 24.4 Å². The minimum absolute atomic E-state index is 0.0781. The molecule has 1 aliphatic rings. The van der Waals surface area contributed by atoms with Crippen LogP contribution < -0.4 is 14.8 Å². The van der Waals surface area contributed by atoms with Crippen molar-refractivity contribution in [2.45, 2.75) is 62.7 Å². The van der Waals surface area contributed by atoms with E-state index in [0.29, 0.717) is 30.8 Å². The van der Waals surface area contributed by atoms with E-state index in [-0.39, 0.29) is 19.3 Å². The number of aliphatic hydroxyl groups excluding tert-OH is 3. The molecule has 0 bridgehead atoms. The Labute approximate surface area is 212 Å². The van der Waals surface area contributed by atoms with Gasteiger partial charge in [-0.05, 0) is 49.4 Å². The second-order valence-corrected chi connectivity index (χ2v) is 8.84. The summed E-state index contributed by atoms with van der Waals surface area (Å²) in [6, 6.07) is 14.0. The molecule has 0 radical (unpaired) electrons. The number of benzene rings is 2. The van der Waals surface area contributed by atoms with Crippen LogP contribution in [0.2, 0.25) is 0 Å². The molecule has 1 heterocycles. The number of ether oxygens (including phenoxy) is 4. The summed E-state index contributed by atoms with van der Waals surface area (Å²) in [6.45, 7) is 1.92. The van der Waals surface area contributed by atoms with E-state index in [9.17, 15) is 20.1 Å². The van der Waals surface area contributed by atoms with Gasteiger partial charge >= 0.3 is 5.97 Å². The van der Waals surface area contributed by atoms with Crippen molar-refractivity contribution in [1.29, 1.82) is 0 Å². The van der Waals surface area contributed by atoms with Crippen molar-refractivity contribution in [3.8, 4) is 11.5 Å². The lowest BCUT2D eigenvalue weighted by Crippen LogP contribution is -2.54. The van der Waals surface area contributed by atoms with Crippen LogP contribution in [0.1, 0.15) is 36.9 Å². The van der Waals surface area contributed by atoms with Gasteiger partial charge in [-0.25, -0.2) is 4.79 Å². The summed E-state index contributed by atoms with van der Waals surface area (Å²) in [4.78, 5) is 12.9. The summed E-state index contributed by atoms with van der Waals surface area (Å²) in [6.07, 6.45) is -2.89. The Morgan fingerprint density at radius 3 is 2.44 bits per heavy atom. The number of methoxy groups -OCH3 is 2. The van der Waals surface area contributed by atoms with Crippen molar-refractivity contribution in [2.24, 2.45) is 0 Å². The second-order valence-electron chi connectivity index (χ2n) is 8.84. The van der Waals surface area contributed by atoms with E-state index in [0.717, 1.165) is 11.1 Å². The lowest BCUT2D eigenvalue weighted by Gasteiger charge is -2.37. The fourth-order valence-electron chi connectivity index (χ4n) is 4.41. The van der Waals surface area contributed by atoms with Crippen molar-refractivity contribution in [1.82, 2.24) is 5.32 Å². The average molecular weight is 504 g/mol. The summed E-state index contributed by atoms with van der Waals surface area (Å²) in [7, 11) is 3.16. The van der Waals surface area contributed by atoms with E-state index >= 15 is 0 Å². The molecule has 1 aliphatic heterocycles. The highest BCUT2D eigenvalue weighted by atomic mass is 16.5. The molecule has 198 valence electrons. The van der Waals surface area contributed by atoms with Gasteiger partial charge in [-0.1, -0.05) is 36.4 Å². The Hall–Kier alpha value is -2.69. The van der Waals surface area contributed by atoms with Crippen LogP contribution in [0.15, 0.2) is 48.5 Å². The maximum atomic E-state index is 12.9. The molecule has 6 atom stereocenters. The van der Waals surface area contributed by atoms with Crippen LogP contribution in [0.4, 0.5) is 0 Å². The molecule has 9 heteroatoms. The van der Waals surface area contributed by atoms with Gasteiger partial charge < -0.3 is 34.3 Å². The standard InChI is InChI=1S/C27H37NO8/c1-4-35-27(32)24(18-8-6-5-7-9-18)28-19(15-23-26(31)25(30)20(29)16-36-23)12-10-17-11-13-21(33-2)22(14-17)34-3/h5-9,11,13-14,19-20,23-26,28-31H,4,10,12,15-16H2,1-3H3. The van der Waals surface area contributed by atoms with Crippen LogP contribution >= 0.6 is 0 Å². The Balaban J connectivity index is 1.82. The van der Waals surface area contributed by atoms with Gasteiger partial charge in [0.2, 0.25) is 0 Å². The molecular weight excluding hydrogens is 466 g/mol. The zero-order valence-corrected chi connectivity index (χ0v) is 21.0. The SMILES string of the molecule is CCOC(=O)C(NC(CCc1ccc(OC)c(OC)c1)CC1OCC(O)C(O)C1O)c1ccccc1. The van der Waals surface area contributed by atoms with Gasteiger partial charge in [0.25, 0.3) is 0 Å². The van der Waals surface area contributed by atoms with Crippen LogP contribution in [0.5, 0.6) is 11.5 Å². The van der Waals surface area contributed by atoms with E-state index in [1.807, 2.05) is 48.5 Å². The molecule has 0 aromatic heterocycles. The van der Waals surface area contributed by atoms with E-state index in [2.05, 4.69) is 5.32 Å². The topological polar surface area (TPSA) is 127 Å². The summed E-state index contributed by atoms with van der Waals surface area (Å²) in [5.41, 5.74) is 1.76. The molecule has 6 unspecified atom stereocenters. The maximum Gasteiger partial charge on any atom is 0.327 e. The number of aliphatic hydroxyl groups is 3. The molecular formula is C27H37NO8. The van der Waals surface area contributed by atoms with Crippen LogP contribution in [-0.4, -0.2) is 79.2 Å². The minimum Gasteiger partial charge on any atom is -0.493 e. The molecule has 1 saturated heterocycles. The zero-order chi connectivity index (χ0) is 26.1. The lowest BCUT2D eigenvalue weighted by molar-refractivity contribution is -0.190. The van der Waals surface area contributed by atoms with Crippen LogP contribution in [-0.2, 0) is 20.7 Å². The number of esters is 1. The van der Waals surface area contributed by atoms with E-state index in [1.165, 1.54) is 0 Å². The van der Waals surface area contributed by atoms with Crippen molar-refractivity contribution < 1.29 is 39.1 Å². The van der Waals surface area contributed by atoms with Crippen molar-refractivity contribution in [3.05, 3.63) is 59.7 Å². The second kappa shape index (κ2) is 13.6. The number of aryl methyl sites for hydroxylation is 1. The molecule has 0 spiro atoms. The first kappa shape index (κ1) is 27.9. The fraction of sp³-hybridized carbons (Fsp3) is 0.519. The zero-order valence-electron chi connectivity index (χ0n) is 21.0. The van der Waals surface area contributed by atoms with Gasteiger partial charge in [0.15, 0.2) is 11.5 Å². The van der Waals surface area contributed by atoms with Crippen LogP contribution in [0.3, 0.4) is 0 Å². The van der Waals surface area contributed by atoms with Crippen molar-refractivity contribution >= 4 is 5.97 Å². The van der Waals surface area contributed by atoms with Crippen LogP contribution in [0, 0.1) is 0 Å². The third kappa shape index (κ3) is 7.18. The van der Waals surface area contributed by atoms with Crippen LogP contribution in [0.25, 0.3) is 0 Å². The first-order chi connectivity index (χ1) is 17.4. The summed E-state index contributed by atoms with van der Waals surface area (Å²) in [5.74, 6) is 0.852. The van der Waals surface area contributed by atoms with Gasteiger partial charge in [-0.3, -0.25) is 5.32 Å². The number of hydrogen-bond donors (Lipinski definition) is 4. The fourth-order valence-corrected chi connectivity index (χ4v) is 4.41. The molecule has 2 aromatic carbocycles. The minimum atomic E-state index is -1.30. The lowest BCUT2D eigenvalue weighted by atomic mass is 9.92. The first-order valence-electron chi connectivity index (χ1n) is 12.2. The number of hydrogen-bond acceptors (Lipinski definition) is 9. The average Bonchev–Trinajstić information content (AvgIpc) is 2.90. The normalized spacial score (nSPS) is 23.5. The Bertz CT molecular complexity index is 956. The van der Waals surface area contributed by atoms with Gasteiger partial charge in [-0.15, -0.1) is 0 Å². The smallest absolute Gasteiger partial charge is 0.327 e. The maximum absolute atomic E-state index is 12.9. The van der Waals surface area contributed by atoms with E-state index in [1.54, 1.807) is 21.1 Å². The Morgan fingerprint density at radius 2 is 1.78 bits per heavy atom. The van der Waals surface area contributed by atoms with E-state index in [4.69, 9.17) is 18.9 Å². The highest BCUT2D eigenvalue weighted by molar-refractivity contribution is 5.77. The quantitative estimate of drug-likeness (QED) is 0.321. The van der Waals surface area contributed by atoms with Gasteiger partial charge in [-0.2, -0.15) is 0 Å². The molecule has 3 rings (SSSR count). The molecule has 0 saturated carbocycles. The molecule has 0 aliphatic carbocycles. The van der Waals surface area contributed by atoms with Crippen molar-refractivity contribution in [3.63, 3.8) is 0 Å². The number of nitrogens with one attached hydrogen (secondary N) is 1. The molecule has 4 N–H and O–H groups in total. The number of carbonyl (C=O) groups excluding carboxylic acids is 1. The molecule has 0 amide bonds. The highest BCUT2D eigenvalue weighted by Gasteiger charge is 2.39.